The van der Waals surface area contributed by atoms with Crippen LogP contribution in [0.2, 0.25) is 0 Å². The third-order valence-corrected chi connectivity index (χ3v) is 6.62. The first-order valence-electron chi connectivity index (χ1n) is 12.3. The number of fused-ring (bicyclic) bond motifs is 1. The molecule has 3 N–H and O–H groups in total. The minimum Gasteiger partial charge on any atom is -0.396 e. The van der Waals surface area contributed by atoms with Gasteiger partial charge in [0.25, 0.3) is 0 Å². The van der Waals surface area contributed by atoms with Crippen LogP contribution < -0.4 is 10.6 Å². The predicted molar refractivity (Wildman–Crippen MR) is 150 cm³/mol. The van der Waals surface area contributed by atoms with E-state index < -0.39 is 5.66 Å². The first-order chi connectivity index (χ1) is 18.1. The Bertz CT molecular complexity index is 1660. The Morgan fingerprint density at radius 3 is 2.03 bits per heavy atom. The molecule has 5 aromatic rings. The van der Waals surface area contributed by atoms with Gasteiger partial charge < -0.3 is 15.7 Å². The summed E-state index contributed by atoms with van der Waals surface area (Å²) in [4.78, 5) is 0. The number of benzene rings is 5. The summed E-state index contributed by atoms with van der Waals surface area (Å²) in [6.45, 7) is 2.10. The molecule has 1 aliphatic heterocycles. The lowest BCUT2D eigenvalue weighted by atomic mass is 9.97. The molecule has 0 radical (unpaired) electrons. The average Bonchev–Trinajstić information content (AvgIpc) is 2.92. The molecule has 37 heavy (non-hydrogen) atoms. The van der Waals surface area contributed by atoms with Crippen molar-refractivity contribution in [3.8, 4) is 0 Å². The predicted octanol–water partition coefficient (Wildman–Crippen LogP) is 8.76. The van der Waals surface area contributed by atoms with Gasteiger partial charge >= 0.3 is 0 Å². The molecule has 0 saturated heterocycles. The maximum Gasteiger partial charge on any atom is 0.110 e. The lowest BCUT2D eigenvalue weighted by Crippen LogP contribution is -2.45. The molecule has 0 fully saturated rings. The smallest absolute Gasteiger partial charge is 0.110 e. The molecule has 0 amide bonds. The van der Waals surface area contributed by atoms with Crippen LogP contribution in [0, 0.1) is 0 Å². The highest BCUT2D eigenvalue weighted by Gasteiger charge is 2.30. The van der Waals surface area contributed by atoms with Crippen LogP contribution in [0.25, 0.3) is 21.5 Å². The molecule has 0 aliphatic carbocycles. The van der Waals surface area contributed by atoms with Crippen molar-refractivity contribution in [1.82, 2.24) is 0 Å². The summed E-state index contributed by atoms with van der Waals surface area (Å²) in [6, 6.07) is 31.7. The zero-order chi connectivity index (χ0) is 25.2. The second-order valence-electron chi connectivity index (χ2n) is 9.30. The molecule has 1 atom stereocenters. The first kappa shape index (κ1) is 22.8. The molecule has 5 aromatic carbocycles. The van der Waals surface area contributed by atoms with Gasteiger partial charge in [0.2, 0.25) is 0 Å². The van der Waals surface area contributed by atoms with Crippen molar-refractivity contribution in [1.29, 1.82) is 0 Å². The summed E-state index contributed by atoms with van der Waals surface area (Å²) in [5.41, 5.74) is 4.48. The Kier molecular flexibility index (Phi) is 5.82. The molecule has 0 spiro atoms. The van der Waals surface area contributed by atoms with E-state index in [-0.39, 0.29) is 6.61 Å². The zero-order valence-corrected chi connectivity index (χ0v) is 20.4. The van der Waals surface area contributed by atoms with Gasteiger partial charge in [-0.15, -0.1) is 15.3 Å². The van der Waals surface area contributed by atoms with E-state index in [1.807, 2.05) is 85.8 Å². The van der Waals surface area contributed by atoms with E-state index in [0.29, 0.717) is 6.42 Å². The Hall–Kier alpha value is -4.62. The molecule has 7 heteroatoms. The number of hydrogen-bond donors (Lipinski definition) is 3. The number of azo groups is 2. The summed E-state index contributed by atoms with van der Waals surface area (Å²) in [6.07, 6.45) is 0.540. The SMILES string of the molecule is CC1(CCO)Nc2cccc3ccc(/N=N/c4ccc(/N=N/c5ccccc5)c5ccccc45)c(c23)N1. The minimum atomic E-state index is -0.500. The lowest BCUT2D eigenvalue weighted by Gasteiger charge is -2.38. The summed E-state index contributed by atoms with van der Waals surface area (Å²) in [7, 11) is 0. The van der Waals surface area contributed by atoms with Gasteiger partial charge in [0.05, 0.1) is 22.7 Å². The first-order valence-corrected chi connectivity index (χ1v) is 12.3. The van der Waals surface area contributed by atoms with E-state index in [0.717, 1.165) is 55.7 Å². The van der Waals surface area contributed by atoms with Crippen LogP contribution in [-0.4, -0.2) is 17.4 Å². The number of aliphatic hydroxyl groups excluding tert-OH is 1. The summed E-state index contributed by atoms with van der Waals surface area (Å²) >= 11 is 0. The van der Waals surface area contributed by atoms with E-state index in [9.17, 15) is 5.11 Å². The van der Waals surface area contributed by atoms with Crippen LogP contribution in [-0.2, 0) is 0 Å². The monoisotopic (exact) mass is 486 g/mol. The largest absolute Gasteiger partial charge is 0.396 e. The third-order valence-electron chi connectivity index (χ3n) is 6.62. The van der Waals surface area contributed by atoms with Crippen molar-refractivity contribution >= 4 is 55.7 Å². The minimum absolute atomic E-state index is 0.0610. The van der Waals surface area contributed by atoms with Gasteiger partial charge in [-0.1, -0.05) is 60.7 Å². The molecular formula is C30H26N6O. The van der Waals surface area contributed by atoms with Gasteiger partial charge in [-0.05, 0) is 48.7 Å². The molecule has 6 rings (SSSR count). The van der Waals surface area contributed by atoms with Crippen LogP contribution in [0.5, 0.6) is 0 Å². The van der Waals surface area contributed by atoms with Crippen LogP contribution in [0.3, 0.4) is 0 Å². The van der Waals surface area contributed by atoms with Gasteiger partial charge in [-0.3, -0.25) is 0 Å². The Balaban J connectivity index is 1.40. The molecule has 1 heterocycles. The second-order valence-corrected chi connectivity index (χ2v) is 9.30. The maximum atomic E-state index is 9.64. The summed E-state index contributed by atoms with van der Waals surface area (Å²) < 4.78 is 0. The fourth-order valence-corrected chi connectivity index (χ4v) is 4.79. The highest BCUT2D eigenvalue weighted by atomic mass is 16.3. The Morgan fingerprint density at radius 2 is 1.30 bits per heavy atom. The molecule has 1 unspecified atom stereocenters. The summed E-state index contributed by atoms with van der Waals surface area (Å²) in [5.74, 6) is 0. The molecule has 182 valence electrons. The number of nitrogens with zero attached hydrogens (tertiary/aromatic N) is 4. The van der Waals surface area contributed by atoms with Crippen molar-refractivity contribution in [2.45, 2.75) is 19.0 Å². The fourth-order valence-electron chi connectivity index (χ4n) is 4.79. The van der Waals surface area contributed by atoms with Crippen molar-refractivity contribution < 1.29 is 5.11 Å². The zero-order valence-electron chi connectivity index (χ0n) is 20.4. The summed E-state index contributed by atoms with van der Waals surface area (Å²) in [5, 5.41) is 39.1. The van der Waals surface area contributed by atoms with Crippen LogP contribution in [0.1, 0.15) is 13.3 Å². The Morgan fingerprint density at radius 1 is 0.649 bits per heavy atom. The highest BCUT2D eigenvalue weighted by Crippen LogP contribution is 2.44. The van der Waals surface area contributed by atoms with E-state index in [4.69, 9.17) is 0 Å². The molecule has 1 aliphatic rings. The maximum absolute atomic E-state index is 9.64. The molecule has 0 saturated carbocycles. The van der Waals surface area contributed by atoms with Crippen LogP contribution in [0.15, 0.2) is 118 Å². The fraction of sp³-hybridized carbons (Fsp3) is 0.133. The van der Waals surface area contributed by atoms with Crippen LogP contribution >= 0.6 is 0 Å². The van der Waals surface area contributed by atoms with E-state index in [1.165, 1.54) is 0 Å². The van der Waals surface area contributed by atoms with E-state index in [2.05, 4.69) is 49.3 Å². The van der Waals surface area contributed by atoms with Gasteiger partial charge in [0, 0.05) is 34.9 Å². The van der Waals surface area contributed by atoms with E-state index >= 15 is 0 Å². The van der Waals surface area contributed by atoms with Gasteiger partial charge in [-0.25, -0.2) is 0 Å². The second kappa shape index (κ2) is 9.44. The quantitative estimate of drug-likeness (QED) is 0.209. The number of nitrogens with one attached hydrogen (secondary N) is 2. The van der Waals surface area contributed by atoms with Gasteiger partial charge in [-0.2, -0.15) is 5.11 Å². The Labute approximate surface area is 214 Å². The van der Waals surface area contributed by atoms with Crippen molar-refractivity contribution in [3.63, 3.8) is 0 Å². The standard InChI is InChI=1S/C30H26N6O/c1-30(18-19-37)31-26-13-7-8-20-14-15-27(29(32-30)28(20)26)36-35-25-17-16-24(22-11-5-6-12-23(22)25)34-33-21-9-3-2-4-10-21/h2-17,31-32,37H,18-19H2,1H3/b34-33+,36-35+. The molecule has 7 nitrogen and oxygen atoms in total. The number of aliphatic hydroxyl groups is 1. The van der Waals surface area contributed by atoms with Crippen molar-refractivity contribution in [3.05, 3.63) is 97.1 Å². The number of anilines is 2. The number of hydrogen-bond acceptors (Lipinski definition) is 7. The van der Waals surface area contributed by atoms with E-state index in [1.54, 1.807) is 0 Å². The molecule has 0 bridgehead atoms. The normalized spacial score (nSPS) is 16.9. The topological polar surface area (TPSA) is 93.7 Å². The lowest BCUT2D eigenvalue weighted by molar-refractivity contribution is 0.263. The van der Waals surface area contributed by atoms with Gasteiger partial charge in [0.15, 0.2) is 0 Å². The van der Waals surface area contributed by atoms with Crippen molar-refractivity contribution in [2.24, 2.45) is 20.5 Å². The highest BCUT2D eigenvalue weighted by molar-refractivity contribution is 6.09. The molecule has 0 aromatic heterocycles. The average molecular weight is 487 g/mol. The van der Waals surface area contributed by atoms with Gasteiger partial charge in [0.1, 0.15) is 11.4 Å². The third kappa shape index (κ3) is 4.41. The molecular weight excluding hydrogens is 460 g/mol. The van der Waals surface area contributed by atoms with Crippen LogP contribution in [0.4, 0.5) is 34.1 Å². The van der Waals surface area contributed by atoms with Crippen molar-refractivity contribution in [2.75, 3.05) is 17.2 Å². The number of rotatable bonds is 6.